The van der Waals surface area contributed by atoms with Crippen molar-refractivity contribution in [3.8, 4) is 11.4 Å². The Balaban J connectivity index is 1.73. The second kappa shape index (κ2) is 7.02. The Hall–Kier alpha value is -2.52. The molecular formula is C21H25N5O3S. The summed E-state index contributed by atoms with van der Waals surface area (Å²) in [6, 6.07) is 3.97. The van der Waals surface area contributed by atoms with E-state index >= 15 is 0 Å². The number of ether oxygens (including phenoxy) is 1. The summed E-state index contributed by atoms with van der Waals surface area (Å²) in [6.45, 7) is 5.81. The van der Waals surface area contributed by atoms with Crippen molar-refractivity contribution >= 4 is 26.6 Å². The van der Waals surface area contributed by atoms with E-state index in [0.29, 0.717) is 44.1 Å². The Morgan fingerprint density at radius 3 is 2.93 bits per heavy atom. The van der Waals surface area contributed by atoms with Crippen LogP contribution in [0.3, 0.4) is 0 Å². The molecule has 3 aromatic rings. The number of rotatable bonds is 3. The van der Waals surface area contributed by atoms with Crippen LogP contribution in [0.1, 0.15) is 32.4 Å². The molecule has 30 heavy (non-hydrogen) atoms. The zero-order valence-corrected chi connectivity index (χ0v) is 17.9. The summed E-state index contributed by atoms with van der Waals surface area (Å²) in [5.74, 6) is 1.44. The number of nitrogens with one attached hydrogen (secondary N) is 1. The first-order chi connectivity index (χ1) is 14.4. The summed E-state index contributed by atoms with van der Waals surface area (Å²) in [5, 5.41) is 0.961. The minimum absolute atomic E-state index is 0.142. The Morgan fingerprint density at radius 1 is 1.30 bits per heavy atom. The van der Waals surface area contributed by atoms with Crippen LogP contribution in [0.2, 0.25) is 0 Å². The van der Waals surface area contributed by atoms with Crippen molar-refractivity contribution in [1.29, 1.82) is 0 Å². The molecule has 2 aliphatic rings. The zero-order chi connectivity index (χ0) is 20.9. The van der Waals surface area contributed by atoms with Crippen LogP contribution in [0.25, 0.3) is 22.3 Å². The van der Waals surface area contributed by atoms with Gasteiger partial charge in [0.2, 0.25) is 0 Å². The van der Waals surface area contributed by atoms with Crippen LogP contribution in [-0.2, 0) is 19.3 Å². The molecule has 2 unspecified atom stereocenters. The standard InChI is InChI=1S/C21H25N5O3S/c1-14-13-29-8-7-26(14)19-10-18(21(2)5-3-9-30(21,27)28)24-20(25-19)16-11-22-12-17-15(16)4-6-23-17/h4,6,10-12,14,23H,3,5,7-9,13H2,1-2H3. The van der Waals surface area contributed by atoms with E-state index in [2.05, 4.69) is 21.8 Å². The minimum atomic E-state index is -3.29. The van der Waals surface area contributed by atoms with Gasteiger partial charge in [0.25, 0.3) is 0 Å². The molecule has 1 N–H and O–H groups in total. The quantitative estimate of drug-likeness (QED) is 0.686. The van der Waals surface area contributed by atoms with Crippen LogP contribution in [0.4, 0.5) is 5.82 Å². The molecule has 0 amide bonds. The lowest BCUT2D eigenvalue weighted by Gasteiger charge is -2.35. The predicted molar refractivity (Wildman–Crippen MR) is 115 cm³/mol. The monoisotopic (exact) mass is 427 g/mol. The molecule has 2 aliphatic heterocycles. The van der Waals surface area contributed by atoms with Gasteiger partial charge in [0.05, 0.1) is 42.4 Å². The maximum absolute atomic E-state index is 12.9. The topological polar surface area (TPSA) is 101 Å². The first-order valence-electron chi connectivity index (χ1n) is 10.3. The first-order valence-corrected chi connectivity index (χ1v) is 11.9. The van der Waals surface area contributed by atoms with E-state index in [1.807, 2.05) is 18.3 Å². The maximum atomic E-state index is 12.9. The Labute approximate surface area is 175 Å². The lowest BCUT2D eigenvalue weighted by Crippen LogP contribution is -2.44. The molecule has 0 aliphatic carbocycles. The Morgan fingerprint density at radius 2 is 2.17 bits per heavy atom. The molecule has 2 atom stereocenters. The van der Waals surface area contributed by atoms with Crippen LogP contribution < -0.4 is 4.90 Å². The molecule has 0 spiro atoms. The van der Waals surface area contributed by atoms with E-state index in [1.165, 1.54) is 0 Å². The number of morpholine rings is 1. The number of pyridine rings is 1. The van der Waals surface area contributed by atoms with Crippen LogP contribution in [0.5, 0.6) is 0 Å². The van der Waals surface area contributed by atoms with E-state index in [4.69, 9.17) is 14.7 Å². The van der Waals surface area contributed by atoms with Crippen molar-refractivity contribution < 1.29 is 13.2 Å². The number of fused-ring (bicyclic) bond motifs is 1. The molecule has 5 heterocycles. The number of anilines is 1. The average Bonchev–Trinajstić information content (AvgIpc) is 3.32. The van der Waals surface area contributed by atoms with E-state index in [-0.39, 0.29) is 11.8 Å². The smallest absolute Gasteiger partial charge is 0.164 e. The molecule has 9 heteroatoms. The van der Waals surface area contributed by atoms with Gasteiger partial charge in [-0.25, -0.2) is 18.4 Å². The SMILES string of the molecule is CC1COCCN1c1cc(C2(C)CCCS2(=O)=O)nc(-c2cncc3[nH]ccc23)n1. The zero-order valence-electron chi connectivity index (χ0n) is 17.1. The van der Waals surface area contributed by atoms with E-state index < -0.39 is 14.6 Å². The summed E-state index contributed by atoms with van der Waals surface area (Å²) in [5.41, 5.74) is 2.24. The fourth-order valence-electron chi connectivity index (χ4n) is 4.47. The molecule has 0 radical (unpaired) electrons. The van der Waals surface area contributed by atoms with Gasteiger partial charge in [-0.2, -0.15) is 0 Å². The van der Waals surface area contributed by atoms with Gasteiger partial charge in [-0.3, -0.25) is 4.98 Å². The number of aromatic amines is 1. The van der Waals surface area contributed by atoms with Gasteiger partial charge >= 0.3 is 0 Å². The predicted octanol–water partition coefficient (Wildman–Crippen LogP) is 2.67. The van der Waals surface area contributed by atoms with Crippen molar-refractivity contribution in [3.05, 3.63) is 36.4 Å². The number of aromatic nitrogens is 4. The molecule has 158 valence electrons. The number of hydrogen-bond acceptors (Lipinski definition) is 7. The van der Waals surface area contributed by atoms with Gasteiger partial charge < -0.3 is 14.6 Å². The van der Waals surface area contributed by atoms with E-state index in [1.54, 1.807) is 19.3 Å². The lowest BCUT2D eigenvalue weighted by molar-refractivity contribution is 0.0985. The molecule has 2 fully saturated rings. The second-order valence-corrected chi connectivity index (χ2v) is 10.9. The van der Waals surface area contributed by atoms with Gasteiger partial charge in [-0.05, 0) is 32.8 Å². The van der Waals surface area contributed by atoms with Gasteiger partial charge in [0, 0.05) is 36.0 Å². The number of hydrogen-bond donors (Lipinski definition) is 1. The third-order valence-corrected chi connectivity index (χ3v) is 9.00. The van der Waals surface area contributed by atoms with Crippen LogP contribution in [-0.4, -0.2) is 59.9 Å². The van der Waals surface area contributed by atoms with Crippen LogP contribution in [0.15, 0.2) is 30.7 Å². The molecule has 2 saturated heterocycles. The van der Waals surface area contributed by atoms with Crippen molar-refractivity contribution in [1.82, 2.24) is 19.9 Å². The molecule has 0 saturated carbocycles. The normalized spacial score (nSPS) is 26.3. The fraction of sp³-hybridized carbons (Fsp3) is 0.476. The molecule has 3 aromatic heterocycles. The molecular weight excluding hydrogens is 402 g/mol. The third-order valence-electron chi connectivity index (χ3n) is 6.39. The van der Waals surface area contributed by atoms with Gasteiger partial charge in [0.15, 0.2) is 15.7 Å². The highest BCUT2D eigenvalue weighted by Gasteiger charge is 2.46. The van der Waals surface area contributed by atoms with E-state index in [9.17, 15) is 8.42 Å². The molecule has 0 bridgehead atoms. The second-order valence-electron chi connectivity index (χ2n) is 8.33. The van der Waals surface area contributed by atoms with Crippen molar-refractivity contribution in [2.45, 2.75) is 37.5 Å². The molecule has 8 nitrogen and oxygen atoms in total. The largest absolute Gasteiger partial charge is 0.377 e. The summed E-state index contributed by atoms with van der Waals surface area (Å²) >= 11 is 0. The van der Waals surface area contributed by atoms with Crippen molar-refractivity contribution in [3.63, 3.8) is 0 Å². The summed E-state index contributed by atoms with van der Waals surface area (Å²) in [7, 11) is -3.29. The average molecular weight is 428 g/mol. The highest BCUT2D eigenvalue weighted by Crippen LogP contribution is 2.42. The highest BCUT2D eigenvalue weighted by atomic mass is 32.2. The van der Waals surface area contributed by atoms with Gasteiger partial charge in [-0.15, -0.1) is 0 Å². The van der Waals surface area contributed by atoms with Gasteiger partial charge in [-0.1, -0.05) is 0 Å². The Bertz CT molecular complexity index is 1210. The maximum Gasteiger partial charge on any atom is 0.164 e. The summed E-state index contributed by atoms with van der Waals surface area (Å²) in [4.78, 5) is 19.3. The van der Waals surface area contributed by atoms with Crippen LogP contribution in [0, 0.1) is 0 Å². The molecule has 5 rings (SSSR count). The van der Waals surface area contributed by atoms with Crippen LogP contribution >= 0.6 is 0 Å². The van der Waals surface area contributed by atoms with Gasteiger partial charge in [0.1, 0.15) is 10.6 Å². The summed E-state index contributed by atoms with van der Waals surface area (Å²) in [6.07, 6.45) is 6.57. The fourth-order valence-corrected chi connectivity index (χ4v) is 6.32. The number of H-pyrrole nitrogens is 1. The van der Waals surface area contributed by atoms with E-state index in [0.717, 1.165) is 22.3 Å². The first kappa shape index (κ1) is 19.4. The van der Waals surface area contributed by atoms with Crippen molar-refractivity contribution in [2.75, 3.05) is 30.4 Å². The molecule has 0 aromatic carbocycles. The van der Waals surface area contributed by atoms with Crippen molar-refractivity contribution in [2.24, 2.45) is 0 Å². The number of sulfone groups is 1. The highest BCUT2D eigenvalue weighted by molar-refractivity contribution is 7.92. The number of nitrogens with zero attached hydrogens (tertiary/aromatic N) is 4. The Kier molecular flexibility index (Phi) is 4.55. The lowest BCUT2D eigenvalue weighted by atomic mass is 10.0. The summed E-state index contributed by atoms with van der Waals surface area (Å²) < 4.78 is 30.5. The third kappa shape index (κ3) is 2.99. The minimum Gasteiger partial charge on any atom is -0.377 e.